The number of hydrogen-bond acceptors (Lipinski definition) is 16. The van der Waals surface area contributed by atoms with E-state index in [-0.39, 0.29) is 37.2 Å². The Hall–Kier alpha value is -4.88. The van der Waals surface area contributed by atoms with E-state index in [0.717, 1.165) is 11.1 Å². The second-order valence-corrected chi connectivity index (χ2v) is 13.1. The standard InChI is InChI=1S/C36H40N2O15/c1-38-12-19(37)13-47-36-35(33(44)32(43)29(51-36)15-46-31(42)11-30(40)41)53-52-24-9-22-25(7-18(24)5-17-3-2-4-20(39)6-17)45-14-23-21-8-27-28(49-16-48-27)10-26(21)50-34(22)23/h2-4,6-10,19,23,29,32-36,38-39,43-44H,5,11-16,37H2,1H3,(H,40,41). The number of aliphatic carboxylic acids is 1. The minimum absolute atomic E-state index is 0.0703. The highest BCUT2D eigenvalue weighted by Gasteiger charge is 2.48. The number of rotatable bonds is 14. The molecule has 53 heavy (non-hydrogen) atoms. The molecule has 1 fully saturated rings. The van der Waals surface area contributed by atoms with Crippen LogP contribution in [0, 0.1) is 0 Å². The van der Waals surface area contributed by atoms with Crippen LogP contribution in [-0.2, 0) is 35.1 Å². The lowest BCUT2D eigenvalue weighted by atomic mass is 9.88. The van der Waals surface area contributed by atoms with Gasteiger partial charge in [0.25, 0.3) is 0 Å². The predicted octanol–water partition coefficient (Wildman–Crippen LogP) is 1.03. The first kappa shape index (κ1) is 36.5. The number of ether oxygens (including phenoxy) is 7. The Labute approximate surface area is 302 Å². The molecule has 7 rings (SSSR count). The highest BCUT2D eigenvalue weighted by Crippen LogP contribution is 2.55. The third-order valence-electron chi connectivity index (χ3n) is 9.29. The van der Waals surface area contributed by atoms with Crippen LogP contribution in [-0.4, -0.2) is 109 Å². The Morgan fingerprint density at radius 2 is 1.81 bits per heavy atom. The van der Waals surface area contributed by atoms with Crippen LogP contribution in [0.15, 0.2) is 48.5 Å². The average molecular weight is 741 g/mol. The van der Waals surface area contributed by atoms with Crippen molar-refractivity contribution in [1.82, 2.24) is 5.32 Å². The zero-order valence-electron chi connectivity index (χ0n) is 28.5. The number of phenolic OH excluding ortho intramolecular Hbond substituents is 1. The van der Waals surface area contributed by atoms with Gasteiger partial charge in [-0.1, -0.05) is 12.1 Å². The quantitative estimate of drug-likeness (QED) is 0.0586. The molecular weight excluding hydrogens is 700 g/mol. The predicted molar refractivity (Wildman–Crippen MR) is 179 cm³/mol. The van der Waals surface area contributed by atoms with E-state index in [4.69, 9.17) is 53.8 Å². The summed E-state index contributed by atoms with van der Waals surface area (Å²) < 4.78 is 40.6. The summed E-state index contributed by atoms with van der Waals surface area (Å²) in [5, 5.41) is 44.2. The fraction of sp³-hybridized carbons (Fsp3) is 0.444. The number of carbonyl (C=O) groups is 2. The van der Waals surface area contributed by atoms with Gasteiger partial charge in [-0.3, -0.25) is 9.59 Å². The summed E-state index contributed by atoms with van der Waals surface area (Å²) in [5.74, 6) is 0.0545. The van der Waals surface area contributed by atoms with Crippen LogP contribution in [0.2, 0.25) is 0 Å². The van der Waals surface area contributed by atoms with Crippen molar-refractivity contribution in [2.75, 3.05) is 40.2 Å². The fourth-order valence-corrected chi connectivity index (χ4v) is 6.69. The normalized spacial score (nSPS) is 25.6. The van der Waals surface area contributed by atoms with Gasteiger partial charge in [-0.05, 0) is 42.9 Å². The number of carboxylic acids is 1. The highest BCUT2D eigenvalue weighted by molar-refractivity contribution is 5.90. The van der Waals surface area contributed by atoms with Gasteiger partial charge in [0.05, 0.1) is 19.1 Å². The summed E-state index contributed by atoms with van der Waals surface area (Å²) in [6.45, 7) is 0.187. The summed E-state index contributed by atoms with van der Waals surface area (Å²) >= 11 is 0. The number of phenols is 1. The summed E-state index contributed by atoms with van der Waals surface area (Å²) in [6, 6.07) is 13.4. The number of carboxylic acid groups (broad SMARTS) is 1. The zero-order valence-corrected chi connectivity index (χ0v) is 28.5. The Morgan fingerprint density at radius 1 is 1.00 bits per heavy atom. The van der Waals surface area contributed by atoms with Gasteiger partial charge < -0.3 is 69.5 Å². The van der Waals surface area contributed by atoms with Crippen molar-refractivity contribution in [3.8, 4) is 34.5 Å². The third kappa shape index (κ3) is 7.91. The molecule has 3 aromatic rings. The average Bonchev–Trinajstić information content (AvgIpc) is 3.73. The van der Waals surface area contributed by atoms with E-state index in [1.807, 2.05) is 12.1 Å². The number of nitrogens with two attached hydrogens (primary N) is 1. The monoisotopic (exact) mass is 740 g/mol. The first-order valence-electron chi connectivity index (χ1n) is 17.0. The summed E-state index contributed by atoms with van der Waals surface area (Å²) in [6.07, 6.45) is -8.62. The summed E-state index contributed by atoms with van der Waals surface area (Å²) in [7, 11) is 1.71. The molecule has 7 N–H and O–H groups in total. The number of aliphatic hydroxyl groups excluding tert-OH is 2. The van der Waals surface area contributed by atoms with E-state index < -0.39 is 67.8 Å². The SMILES string of the molecule is CNCC(N)COC1OC(COC(=O)CC(=O)O)C(O)C(O)C1OOc1cc2c(cc1Cc1cccc(O)c1)OCC1c3cc4c(cc3OC21)OCO4. The molecule has 0 aromatic heterocycles. The molecule has 4 aliphatic heterocycles. The van der Waals surface area contributed by atoms with E-state index in [2.05, 4.69) is 5.32 Å². The molecule has 0 aliphatic carbocycles. The minimum Gasteiger partial charge on any atom is -0.508 e. The van der Waals surface area contributed by atoms with Crippen LogP contribution < -0.4 is 34.9 Å². The number of aromatic hydroxyl groups is 1. The number of fused-ring (bicyclic) bond motifs is 6. The molecule has 1 saturated heterocycles. The van der Waals surface area contributed by atoms with Gasteiger partial charge in [-0.25, -0.2) is 0 Å². The minimum atomic E-state index is -1.70. The van der Waals surface area contributed by atoms with Crippen molar-refractivity contribution in [1.29, 1.82) is 0 Å². The van der Waals surface area contributed by atoms with Crippen molar-refractivity contribution in [3.05, 3.63) is 70.8 Å². The Kier molecular flexibility index (Phi) is 10.7. The topological polar surface area (TPSA) is 236 Å². The van der Waals surface area contributed by atoms with Gasteiger partial charge in [0.2, 0.25) is 6.79 Å². The van der Waals surface area contributed by atoms with Gasteiger partial charge in [-0.2, -0.15) is 4.89 Å². The molecule has 284 valence electrons. The molecule has 4 heterocycles. The number of hydrogen-bond donors (Lipinski definition) is 6. The Morgan fingerprint density at radius 3 is 2.58 bits per heavy atom. The van der Waals surface area contributed by atoms with Crippen LogP contribution in [0.1, 0.15) is 40.7 Å². The number of nitrogens with one attached hydrogen (secondary N) is 1. The molecule has 17 nitrogen and oxygen atoms in total. The maximum absolute atomic E-state index is 11.9. The molecule has 0 amide bonds. The summed E-state index contributed by atoms with van der Waals surface area (Å²) in [4.78, 5) is 34.6. The van der Waals surface area contributed by atoms with Crippen LogP contribution in [0.5, 0.6) is 34.5 Å². The lowest BCUT2D eigenvalue weighted by molar-refractivity contribution is -0.373. The second-order valence-electron chi connectivity index (χ2n) is 13.1. The lowest BCUT2D eigenvalue weighted by Gasteiger charge is -2.41. The van der Waals surface area contributed by atoms with Crippen molar-refractivity contribution < 1.29 is 72.9 Å². The molecule has 8 atom stereocenters. The van der Waals surface area contributed by atoms with E-state index in [0.29, 0.717) is 47.3 Å². The molecule has 4 aliphatic rings. The number of benzene rings is 3. The Bertz CT molecular complexity index is 1820. The molecule has 0 radical (unpaired) electrons. The number of aliphatic hydroxyl groups is 2. The van der Waals surface area contributed by atoms with Gasteiger partial charge in [0.15, 0.2) is 29.6 Å². The van der Waals surface area contributed by atoms with E-state index in [1.54, 1.807) is 43.4 Å². The van der Waals surface area contributed by atoms with Gasteiger partial charge in [-0.15, -0.1) is 0 Å². The van der Waals surface area contributed by atoms with E-state index in [1.165, 1.54) is 0 Å². The highest BCUT2D eigenvalue weighted by atomic mass is 17.2. The first-order valence-corrected chi connectivity index (χ1v) is 17.0. The molecule has 0 bridgehead atoms. The molecule has 0 spiro atoms. The maximum Gasteiger partial charge on any atom is 0.317 e. The second kappa shape index (κ2) is 15.6. The van der Waals surface area contributed by atoms with Crippen molar-refractivity contribution in [2.24, 2.45) is 5.73 Å². The van der Waals surface area contributed by atoms with Crippen LogP contribution in [0.3, 0.4) is 0 Å². The lowest BCUT2D eigenvalue weighted by Crippen LogP contribution is -2.61. The van der Waals surface area contributed by atoms with Crippen LogP contribution in [0.4, 0.5) is 0 Å². The largest absolute Gasteiger partial charge is 0.508 e. The molecule has 0 saturated carbocycles. The van der Waals surface area contributed by atoms with E-state index in [9.17, 15) is 24.9 Å². The molecule has 3 aromatic carbocycles. The number of esters is 1. The maximum atomic E-state index is 11.9. The van der Waals surface area contributed by atoms with Gasteiger partial charge in [0.1, 0.15) is 54.7 Å². The number of likely N-dealkylation sites (N-methyl/N-ethyl adjacent to an activating group) is 1. The fourth-order valence-electron chi connectivity index (χ4n) is 6.69. The third-order valence-corrected chi connectivity index (χ3v) is 9.29. The van der Waals surface area contributed by atoms with Crippen molar-refractivity contribution in [3.63, 3.8) is 0 Å². The first-order chi connectivity index (χ1) is 25.6. The van der Waals surface area contributed by atoms with Gasteiger partial charge >= 0.3 is 11.9 Å². The van der Waals surface area contributed by atoms with E-state index >= 15 is 0 Å². The molecule has 17 heteroatoms. The smallest absolute Gasteiger partial charge is 0.317 e. The molecular formula is C36H40N2O15. The van der Waals surface area contributed by atoms with Crippen molar-refractivity contribution >= 4 is 11.9 Å². The van der Waals surface area contributed by atoms with Crippen molar-refractivity contribution in [2.45, 2.75) is 61.6 Å². The van der Waals surface area contributed by atoms with Crippen LogP contribution >= 0.6 is 0 Å². The van der Waals surface area contributed by atoms with Crippen LogP contribution in [0.25, 0.3) is 0 Å². The van der Waals surface area contributed by atoms with Gasteiger partial charge in [0, 0.05) is 41.8 Å². The summed E-state index contributed by atoms with van der Waals surface area (Å²) in [5.41, 5.74) is 9.02. The molecule has 8 unspecified atom stereocenters. The Balaban J connectivity index is 1.15. The zero-order chi connectivity index (χ0) is 37.2. The number of carbonyl (C=O) groups excluding carboxylic acids is 1.